The molecular weight excluding hydrogens is 255 g/mol. The zero-order valence-corrected chi connectivity index (χ0v) is 11.8. The Hall–Kier alpha value is -0.400. The molecule has 0 spiro atoms. The molecule has 95 valence electrons. The molecule has 1 aromatic carbocycles. The molecule has 3 heteroatoms. The highest BCUT2D eigenvalue weighted by atomic mass is 35.5. The van der Waals surface area contributed by atoms with Gasteiger partial charge in [-0.3, -0.25) is 0 Å². The summed E-state index contributed by atoms with van der Waals surface area (Å²) >= 11 is 11.9. The smallest absolute Gasteiger partial charge is 0.156 e. The molecule has 0 aliphatic carbocycles. The molecule has 0 aliphatic rings. The molecule has 17 heavy (non-hydrogen) atoms. The maximum atomic E-state index is 5.97. The minimum Gasteiger partial charge on any atom is -0.490 e. The molecule has 1 radical (unpaired) electrons. The second-order valence-electron chi connectivity index (χ2n) is 4.10. The SMILES string of the molecule is CCCCCCCCOc1c(Cl)c[c]cc1Cl. The molecule has 0 bridgehead atoms. The summed E-state index contributed by atoms with van der Waals surface area (Å²) in [6.07, 6.45) is 7.46. The minimum atomic E-state index is 0.531. The average Bonchev–Trinajstić information content (AvgIpc) is 2.31. The van der Waals surface area contributed by atoms with Crippen LogP contribution in [-0.4, -0.2) is 6.61 Å². The van der Waals surface area contributed by atoms with E-state index in [9.17, 15) is 0 Å². The normalized spacial score (nSPS) is 10.5. The fraction of sp³-hybridized carbons (Fsp3) is 0.571. The molecule has 0 N–H and O–H groups in total. The molecule has 1 nitrogen and oxygen atoms in total. The van der Waals surface area contributed by atoms with Gasteiger partial charge in [-0.15, -0.1) is 0 Å². The van der Waals surface area contributed by atoms with Gasteiger partial charge in [0.25, 0.3) is 0 Å². The molecule has 0 heterocycles. The fourth-order valence-electron chi connectivity index (χ4n) is 1.63. The predicted octanol–water partition coefficient (Wildman–Crippen LogP) is 5.53. The van der Waals surface area contributed by atoms with Crippen molar-refractivity contribution in [3.05, 3.63) is 28.2 Å². The third kappa shape index (κ3) is 5.65. The molecular formula is C14H19Cl2O. The van der Waals surface area contributed by atoms with Crippen molar-refractivity contribution in [3.8, 4) is 5.75 Å². The maximum Gasteiger partial charge on any atom is 0.156 e. The molecule has 1 rings (SSSR count). The van der Waals surface area contributed by atoms with Crippen LogP contribution in [0.3, 0.4) is 0 Å². The van der Waals surface area contributed by atoms with Crippen molar-refractivity contribution in [3.63, 3.8) is 0 Å². The summed E-state index contributed by atoms with van der Waals surface area (Å²) in [4.78, 5) is 0. The summed E-state index contributed by atoms with van der Waals surface area (Å²) in [5.41, 5.74) is 0. The zero-order valence-electron chi connectivity index (χ0n) is 10.3. The van der Waals surface area contributed by atoms with Crippen molar-refractivity contribution in [2.24, 2.45) is 0 Å². The Morgan fingerprint density at radius 1 is 1.00 bits per heavy atom. The van der Waals surface area contributed by atoms with Gasteiger partial charge in [0, 0.05) is 0 Å². The summed E-state index contributed by atoms with van der Waals surface area (Å²) in [6.45, 7) is 2.90. The fourth-order valence-corrected chi connectivity index (χ4v) is 2.11. The van der Waals surface area contributed by atoms with Crippen molar-refractivity contribution >= 4 is 23.2 Å². The lowest BCUT2D eigenvalue weighted by molar-refractivity contribution is 0.304. The summed E-state index contributed by atoms with van der Waals surface area (Å²) in [6, 6.07) is 6.19. The van der Waals surface area contributed by atoms with Gasteiger partial charge >= 0.3 is 0 Å². The second-order valence-corrected chi connectivity index (χ2v) is 4.91. The van der Waals surface area contributed by atoms with Gasteiger partial charge in [-0.2, -0.15) is 0 Å². The van der Waals surface area contributed by atoms with E-state index in [1.165, 1.54) is 32.1 Å². The number of hydrogen-bond acceptors (Lipinski definition) is 1. The van der Waals surface area contributed by atoms with E-state index in [0.29, 0.717) is 22.4 Å². The molecule has 0 fully saturated rings. The summed E-state index contributed by atoms with van der Waals surface area (Å²) < 4.78 is 5.59. The largest absolute Gasteiger partial charge is 0.490 e. The average molecular weight is 274 g/mol. The van der Waals surface area contributed by atoms with E-state index in [2.05, 4.69) is 13.0 Å². The van der Waals surface area contributed by atoms with Gasteiger partial charge in [0.1, 0.15) is 0 Å². The van der Waals surface area contributed by atoms with Crippen molar-refractivity contribution in [2.45, 2.75) is 45.4 Å². The first-order valence-corrected chi connectivity index (χ1v) is 6.99. The van der Waals surface area contributed by atoms with E-state index in [1.807, 2.05) is 0 Å². The van der Waals surface area contributed by atoms with Gasteiger partial charge in [0.2, 0.25) is 0 Å². The predicted molar refractivity (Wildman–Crippen MR) is 74.2 cm³/mol. The first kappa shape index (κ1) is 14.7. The van der Waals surface area contributed by atoms with E-state index in [0.717, 1.165) is 6.42 Å². The van der Waals surface area contributed by atoms with Crippen molar-refractivity contribution < 1.29 is 4.74 Å². The standard InChI is InChI=1S/C14H19Cl2O/c1-2-3-4-5-6-7-11-17-14-12(15)9-8-10-13(14)16/h9-10H,2-7,11H2,1H3. The second kappa shape index (κ2) is 8.66. The van der Waals surface area contributed by atoms with Crippen LogP contribution in [0.25, 0.3) is 0 Å². The van der Waals surface area contributed by atoms with Crippen LogP contribution >= 0.6 is 23.2 Å². The number of ether oxygens (including phenoxy) is 1. The van der Waals surface area contributed by atoms with E-state index in [1.54, 1.807) is 12.1 Å². The number of halogens is 2. The number of benzene rings is 1. The molecule has 1 aromatic rings. The van der Waals surface area contributed by atoms with Crippen LogP contribution < -0.4 is 4.74 Å². The van der Waals surface area contributed by atoms with Crippen molar-refractivity contribution in [2.75, 3.05) is 6.61 Å². The van der Waals surface area contributed by atoms with Gasteiger partial charge in [-0.1, -0.05) is 62.2 Å². The van der Waals surface area contributed by atoms with Crippen LogP contribution in [-0.2, 0) is 0 Å². The lowest BCUT2D eigenvalue weighted by Crippen LogP contribution is -1.98. The Kier molecular flexibility index (Phi) is 7.46. The topological polar surface area (TPSA) is 9.23 Å². The highest BCUT2D eigenvalue weighted by Crippen LogP contribution is 2.32. The van der Waals surface area contributed by atoms with Gasteiger partial charge in [-0.25, -0.2) is 0 Å². The van der Waals surface area contributed by atoms with E-state index < -0.39 is 0 Å². The Labute approximate surface area is 114 Å². The first-order valence-electron chi connectivity index (χ1n) is 6.23. The Morgan fingerprint density at radius 2 is 1.59 bits per heavy atom. The van der Waals surface area contributed by atoms with E-state index in [4.69, 9.17) is 27.9 Å². The van der Waals surface area contributed by atoms with Crippen LogP contribution in [0.2, 0.25) is 10.0 Å². The van der Waals surface area contributed by atoms with Gasteiger partial charge in [0.15, 0.2) is 5.75 Å². The quantitative estimate of drug-likeness (QED) is 0.566. The Morgan fingerprint density at radius 3 is 2.24 bits per heavy atom. The van der Waals surface area contributed by atoms with Crippen molar-refractivity contribution in [1.82, 2.24) is 0 Å². The lowest BCUT2D eigenvalue weighted by atomic mass is 10.1. The molecule has 0 aliphatic heterocycles. The van der Waals surface area contributed by atoms with Crippen LogP contribution in [0.15, 0.2) is 12.1 Å². The van der Waals surface area contributed by atoms with Gasteiger partial charge in [-0.05, 0) is 24.6 Å². The van der Waals surface area contributed by atoms with Crippen LogP contribution in [0, 0.1) is 6.07 Å². The highest BCUT2D eigenvalue weighted by molar-refractivity contribution is 6.37. The third-order valence-electron chi connectivity index (χ3n) is 2.60. The zero-order chi connectivity index (χ0) is 12.5. The summed E-state index contributed by atoms with van der Waals surface area (Å²) in [7, 11) is 0. The molecule has 0 aromatic heterocycles. The molecule has 0 saturated carbocycles. The molecule has 0 amide bonds. The number of hydrogen-bond donors (Lipinski definition) is 0. The third-order valence-corrected chi connectivity index (χ3v) is 3.16. The van der Waals surface area contributed by atoms with Gasteiger partial charge in [0.05, 0.1) is 16.7 Å². The molecule has 0 unspecified atom stereocenters. The van der Waals surface area contributed by atoms with Crippen LogP contribution in [0.1, 0.15) is 45.4 Å². The summed E-state index contributed by atoms with van der Waals surface area (Å²) in [5.74, 6) is 0.584. The number of unbranched alkanes of at least 4 members (excludes halogenated alkanes) is 5. The molecule has 0 saturated heterocycles. The Balaban J connectivity index is 2.18. The number of rotatable bonds is 8. The maximum absolute atomic E-state index is 5.97. The highest BCUT2D eigenvalue weighted by Gasteiger charge is 2.05. The van der Waals surface area contributed by atoms with Gasteiger partial charge < -0.3 is 4.74 Å². The van der Waals surface area contributed by atoms with E-state index in [-0.39, 0.29) is 0 Å². The van der Waals surface area contributed by atoms with Crippen LogP contribution in [0.5, 0.6) is 5.75 Å². The summed E-state index contributed by atoms with van der Waals surface area (Å²) in [5, 5.41) is 1.06. The minimum absolute atomic E-state index is 0.531. The Bertz CT molecular complexity index is 306. The van der Waals surface area contributed by atoms with Crippen molar-refractivity contribution in [1.29, 1.82) is 0 Å². The lowest BCUT2D eigenvalue weighted by Gasteiger charge is -2.09. The van der Waals surface area contributed by atoms with E-state index >= 15 is 0 Å². The first-order chi connectivity index (χ1) is 8.25. The monoisotopic (exact) mass is 273 g/mol. The molecule has 0 atom stereocenters. The van der Waals surface area contributed by atoms with Crippen LogP contribution in [0.4, 0.5) is 0 Å².